The minimum Gasteiger partial charge on any atom is -0.496 e. The lowest BCUT2D eigenvalue weighted by Crippen LogP contribution is -2.37. The molecule has 1 saturated heterocycles. The highest BCUT2D eigenvalue weighted by Gasteiger charge is 2.33. The number of nitrogens with zero attached hydrogens (tertiary/aromatic N) is 3. The molecule has 1 aromatic heterocycles. The van der Waals surface area contributed by atoms with Gasteiger partial charge in [0.1, 0.15) is 23.1 Å². The average Bonchev–Trinajstić information content (AvgIpc) is 3.25. The maximum atomic E-state index is 14.5. The molecule has 0 radical (unpaired) electrons. The second-order valence-corrected chi connectivity index (χ2v) is 8.94. The minimum atomic E-state index is -0.614. The first-order valence-electron chi connectivity index (χ1n) is 11.7. The zero-order valence-electron chi connectivity index (χ0n) is 20.3. The number of aliphatic hydroxyl groups is 1. The molecule has 0 aliphatic carbocycles. The SMILES string of the molecule is COc1cccc(F)c1-c1nccc(C(=O)Nc2cc(F)ccc2N2CC(NC(C)C)CC2CO)n1. The molecule has 8 nitrogen and oxygen atoms in total. The Hall–Kier alpha value is -3.63. The van der Waals surface area contributed by atoms with Gasteiger partial charge in [0.2, 0.25) is 0 Å². The van der Waals surface area contributed by atoms with Crippen LogP contribution in [0.5, 0.6) is 5.75 Å². The van der Waals surface area contributed by atoms with Crippen molar-refractivity contribution >= 4 is 17.3 Å². The number of amides is 1. The van der Waals surface area contributed by atoms with Crippen LogP contribution in [0.25, 0.3) is 11.4 Å². The molecule has 0 bridgehead atoms. The van der Waals surface area contributed by atoms with Gasteiger partial charge in [-0.15, -0.1) is 0 Å². The normalized spacial score (nSPS) is 17.5. The molecule has 1 amide bonds. The Balaban J connectivity index is 1.63. The van der Waals surface area contributed by atoms with E-state index in [0.717, 1.165) is 0 Å². The highest BCUT2D eigenvalue weighted by Crippen LogP contribution is 2.34. The van der Waals surface area contributed by atoms with Gasteiger partial charge < -0.3 is 25.4 Å². The number of aromatic nitrogens is 2. The fraction of sp³-hybridized carbons (Fsp3) is 0.346. The van der Waals surface area contributed by atoms with Crippen molar-refractivity contribution in [3.05, 3.63) is 66.0 Å². The number of carbonyl (C=O) groups excluding carboxylic acids is 1. The molecule has 3 aromatic rings. The zero-order valence-corrected chi connectivity index (χ0v) is 20.3. The summed E-state index contributed by atoms with van der Waals surface area (Å²) in [4.78, 5) is 23.4. The number of methoxy groups -OCH3 is 1. The summed E-state index contributed by atoms with van der Waals surface area (Å²) in [7, 11) is 1.40. The van der Waals surface area contributed by atoms with E-state index >= 15 is 0 Å². The molecule has 2 unspecified atom stereocenters. The number of carbonyl (C=O) groups is 1. The maximum absolute atomic E-state index is 14.5. The van der Waals surface area contributed by atoms with Crippen molar-refractivity contribution in [3.63, 3.8) is 0 Å². The van der Waals surface area contributed by atoms with Crippen LogP contribution in [0.15, 0.2) is 48.7 Å². The van der Waals surface area contributed by atoms with Crippen LogP contribution in [0.3, 0.4) is 0 Å². The number of nitrogens with one attached hydrogen (secondary N) is 2. The molecule has 2 aromatic carbocycles. The lowest BCUT2D eigenvalue weighted by atomic mass is 10.1. The van der Waals surface area contributed by atoms with Crippen molar-refractivity contribution in [1.82, 2.24) is 15.3 Å². The van der Waals surface area contributed by atoms with Crippen LogP contribution in [-0.2, 0) is 0 Å². The topological polar surface area (TPSA) is 99.6 Å². The number of halogens is 2. The van der Waals surface area contributed by atoms with Crippen LogP contribution in [0.1, 0.15) is 30.8 Å². The number of anilines is 2. The summed E-state index contributed by atoms with van der Waals surface area (Å²) in [5.74, 6) is -1.51. The Morgan fingerprint density at radius 2 is 2.06 bits per heavy atom. The monoisotopic (exact) mass is 497 g/mol. The summed E-state index contributed by atoms with van der Waals surface area (Å²) in [6, 6.07) is 10.0. The molecule has 3 N–H and O–H groups in total. The first kappa shape index (κ1) is 25.5. The summed E-state index contributed by atoms with van der Waals surface area (Å²) in [6.45, 7) is 4.60. The van der Waals surface area contributed by atoms with Crippen molar-refractivity contribution in [3.8, 4) is 17.1 Å². The molecular weight excluding hydrogens is 468 g/mol. The third kappa shape index (κ3) is 5.44. The van der Waals surface area contributed by atoms with Crippen LogP contribution in [0, 0.1) is 11.6 Å². The molecule has 0 saturated carbocycles. The first-order chi connectivity index (χ1) is 17.3. The van der Waals surface area contributed by atoms with Crippen molar-refractivity contribution in [1.29, 1.82) is 0 Å². The summed E-state index contributed by atoms with van der Waals surface area (Å²) < 4.78 is 34.0. The smallest absolute Gasteiger partial charge is 0.274 e. The predicted molar refractivity (Wildman–Crippen MR) is 133 cm³/mol. The van der Waals surface area contributed by atoms with Crippen molar-refractivity contribution in [2.75, 3.05) is 30.5 Å². The Morgan fingerprint density at radius 1 is 1.25 bits per heavy atom. The third-order valence-electron chi connectivity index (χ3n) is 6.02. The van der Waals surface area contributed by atoms with Crippen molar-refractivity contribution in [2.24, 2.45) is 0 Å². The summed E-state index contributed by atoms with van der Waals surface area (Å²) in [6.07, 6.45) is 2.05. The van der Waals surface area contributed by atoms with Crippen LogP contribution in [-0.4, -0.2) is 59.4 Å². The number of hydrogen-bond donors (Lipinski definition) is 3. The fourth-order valence-electron chi connectivity index (χ4n) is 4.52. The van der Waals surface area contributed by atoms with Gasteiger partial charge in [0.15, 0.2) is 5.82 Å². The van der Waals surface area contributed by atoms with Gasteiger partial charge in [-0.2, -0.15) is 0 Å². The molecule has 4 rings (SSSR count). The van der Waals surface area contributed by atoms with Crippen LogP contribution in [0.2, 0.25) is 0 Å². The second-order valence-electron chi connectivity index (χ2n) is 8.94. The van der Waals surface area contributed by atoms with E-state index in [9.17, 15) is 18.7 Å². The van der Waals surface area contributed by atoms with Crippen molar-refractivity contribution in [2.45, 2.75) is 38.4 Å². The van der Waals surface area contributed by atoms with Crippen LogP contribution < -0.4 is 20.3 Å². The Morgan fingerprint density at radius 3 is 2.78 bits per heavy atom. The van der Waals surface area contributed by atoms with E-state index in [1.54, 1.807) is 12.1 Å². The highest BCUT2D eigenvalue weighted by molar-refractivity contribution is 6.05. The minimum absolute atomic E-state index is 0.0143. The van der Waals surface area contributed by atoms with Crippen molar-refractivity contribution < 1.29 is 23.4 Å². The Kier molecular flexibility index (Phi) is 7.76. The fourth-order valence-corrected chi connectivity index (χ4v) is 4.52. The number of hydrogen-bond acceptors (Lipinski definition) is 7. The van der Waals surface area contributed by atoms with E-state index in [1.807, 2.05) is 18.7 Å². The molecule has 2 atom stereocenters. The standard InChI is InChI=1S/C26H29F2N5O3/c1-15(2)30-17-12-18(14-34)33(13-17)22-8-7-16(27)11-21(22)32-26(35)20-9-10-29-25(31-20)24-19(28)5-4-6-23(24)36-3/h4-11,15,17-18,30,34H,12-14H2,1-3H3,(H,32,35). The third-order valence-corrected chi connectivity index (χ3v) is 6.02. The summed E-state index contributed by atoms with van der Waals surface area (Å²) >= 11 is 0. The first-order valence-corrected chi connectivity index (χ1v) is 11.7. The second kappa shape index (κ2) is 11.0. The quantitative estimate of drug-likeness (QED) is 0.437. The average molecular weight is 498 g/mol. The van der Waals surface area contributed by atoms with E-state index < -0.39 is 17.5 Å². The van der Waals surface area contributed by atoms with Gasteiger partial charge in [-0.05, 0) is 42.8 Å². The predicted octanol–water partition coefficient (Wildman–Crippen LogP) is 3.62. The lowest BCUT2D eigenvalue weighted by molar-refractivity contribution is 0.102. The Bertz CT molecular complexity index is 1240. The molecule has 0 spiro atoms. The molecule has 2 heterocycles. The zero-order chi connectivity index (χ0) is 25.8. The number of ether oxygens (including phenoxy) is 1. The number of aliphatic hydroxyl groups excluding tert-OH is 1. The maximum Gasteiger partial charge on any atom is 0.274 e. The van der Waals surface area contributed by atoms with Gasteiger partial charge in [-0.3, -0.25) is 4.79 Å². The van der Waals surface area contributed by atoms with E-state index in [0.29, 0.717) is 18.7 Å². The van der Waals surface area contributed by atoms with Gasteiger partial charge in [0, 0.05) is 24.8 Å². The van der Waals surface area contributed by atoms with Gasteiger partial charge in [-0.25, -0.2) is 18.7 Å². The molecule has 1 aliphatic rings. The van der Waals surface area contributed by atoms with Crippen LogP contribution in [0.4, 0.5) is 20.2 Å². The van der Waals surface area contributed by atoms with Crippen LogP contribution >= 0.6 is 0 Å². The molecule has 1 aliphatic heterocycles. The Labute approximate surface area is 208 Å². The molecule has 36 heavy (non-hydrogen) atoms. The van der Waals surface area contributed by atoms with E-state index in [4.69, 9.17) is 4.74 Å². The van der Waals surface area contributed by atoms with Gasteiger partial charge in [0.05, 0.1) is 36.7 Å². The number of rotatable bonds is 8. The summed E-state index contributed by atoms with van der Waals surface area (Å²) in [5.41, 5.74) is 0.835. The molecule has 1 fully saturated rings. The lowest BCUT2D eigenvalue weighted by Gasteiger charge is -2.27. The van der Waals surface area contributed by atoms with E-state index in [-0.39, 0.29) is 53.3 Å². The van der Waals surface area contributed by atoms with E-state index in [2.05, 4.69) is 20.6 Å². The summed E-state index contributed by atoms with van der Waals surface area (Å²) in [5, 5.41) is 16.2. The molecule has 10 heteroatoms. The van der Waals surface area contributed by atoms with Gasteiger partial charge in [-0.1, -0.05) is 19.9 Å². The van der Waals surface area contributed by atoms with Gasteiger partial charge >= 0.3 is 0 Å². The number of benzene rings is 2. The molecule has 190 valence electrons. The highest BCUT2D eigenvalue weighted by atomic mass is 19.1. The largest absolute Gasteiger partial charge is 0.496 e. The molecular formula is C26H29F2N5O3. The van der Waals surface area contributed by atoms with E-state index in [1.165, 1.54) is 43.6 Å². The van der Waals surface area contributed by atoms with Gasteiger partial charge in [0.25, 0.3) is 5.91 Å².